The number of rotatable bonds is 2. The van der Waals surface area contributed by atoms with E-state index < -0.39 is 0 Å². The van der Waals surface area contributed by atoms with Crippen molar-refractivity contribution in [2.24, 2.45) is 0 Å². The van der Waals surface area contributed by atoms with Gasteiger partial charge in [-0.05, 0) is 28.1 Å². The van der Waals surface area contributed by atoms with Gasteiger partial charge in [0, 0.05) is 16.9 Å². The maximum absolute atomic E-state index is 11.7. The molecule has 2 rings (SSSR count). The Morgan fingerprint density at radius 1 is 1.56 bits per heavy atom. The third-order valence-corrected chi connectivity index (χ3v) is 2.53. The molecule has 16 heavy (non-hydrogen) atoms. The van der Waals surface area contributed by atoms with E-state index in [0.717, 1.165) is 4.47 Å². The van der Waals surface area contributed by atoms with E-state index in [4.69, 9.17) is 11.6 Å². The van der Waals surface area contributed by atoms with E-state index in [1.165, 1.54) is 6.20 Å². The molecule has 0 aromatic carbocycles. The quantitative estimate of drug-likeness (QED) is 0.837. The zero-order chi connectivity index (χ0) is 11.5. The van der Waals surface area contributed by atoms with Crippen molar-refractivity contribution in [2.45, 2.75) is 0 Å². The molecule has 2 heterocycles. The molecule has 0 fully saturated rings. The Kier molecular flexibility index (Phi) is 3.21. The first-order valence-electron chi connectivity index (χ1n) is 4.28. The smallest absolute Gasteiger partial charge is 0.273 e. The van der Waals surface area contributed by atoms with Crippen LogP contribution in [0, 0.1) is 0 Å². The summed E-state index contributed by atoms with van der Waals surface area (Å²) in [7, 11) is 0. The van der Waals surface area contributed by atoms with Crippen molar-refractivity contribution in [3.05, 3.63) is 39.8 Å². The van der Waals surface area contributed by atoms with Gasteiger partial charge < -0.3 is 5.32 Å². The number of halogens is 2. The van der Waals surface area contributed by atoms with Crippen LogP contribution in [0.25, 0.3) is 0 Å². The van der Waals surface area contributed by atoms with Gasteiger partial charge in [0.1, 0.15) is 5.69 Å². The fraction of sp³-hybridized carbons (Fsp3) is 0. The van der Waals surface area contributed by atoms with Crippen molar-refractivity contribution in [1.82, 2.24) is 15.2 Å². The molecule has 0 aliphatic rings. The Morgan fingerprint density at radius 2 is 2.38 bits per heavy atom. The summed E-state index contributed by atoms with van der Waals surface area (Å²) >= 11 is 9.07. The minimum atomic E-state index is -0.320. The number of aromatic nitrogens is 3. The number of anilines is 1. The molecule has 0 saturated carbocycles. The van der Waals surface area contributed by atoms with E-state index in [1.54, 1.807) is 18.3 Å². The second-order valence-electron chi connectivity index (χ2n) is 2.92. The van der Waals surface area contributed by atoms with Crippen LogP contribution >= 0.6 is 27.5 Å². The normalized spacial score (nSPS) is 10.1. The van der Waals surface area contributed by atoms with Crippen molar-refractivity contribution < 1.29 is 4.79 Å². The van der Waals surface area contributed by atoms with Crippen LogP contribution in [0.3, 0.4) is 0 Å². The van der Waals surface area contributed by atoms with Crippen molar-refractivity contribution >= 4 is 39.1 Å². The second-order valence-corrected chi connectivity index (χ2v) is 4.19. The van der Waals surface area contributed by atoms with E-state index in [2.05, 4.69) is 36.4 Å². The number of pyridine rings is 1. The molecular weight excluding hydrogens is 295 g/mol. The molecule has 7 heteroatoms. The molecule has 0 aliphatic heterocycles. The van der Waals surface area contributed by atoms with Gasteiger partial charge in [0.05, 0.1) is 5.69 Å². The molecule has 0 bridgehead atoms. The fourth-order valence-corrected chi connectivity index (χ4v) is 1.56. The monoisotopic (exact) mass is 300 g/mol. The molecule has 82 valence electrons. The Hall–Kier alpha value is -1.40. The summed E-state index contributed by atoms with van der Waals surface area (Å²) in [5.74, 6) is -0.320. The number of amides is 1. The van der Waals surface area contributed by atoms with Gasteiger partial charge in [-0.25, -0.2) is 4.98 Å². The lowest BCUT2D eigenvalue weighted by atomic mass is 10.3. The number of aromatic amines is 1. The lowest BCUT2D eigenvalue weighted by Crippen LogP contribution is -2.13. The van der Waals surface area contributed by atoms with Crippen molar-refractivity contribution in [1.29, 1.82) is 0 Å². The fourth-order valence-electron chi connectivity index (χ4n) is 1.08. The summed E-state index contributed by atoms with van der Waals surface area (Å²) < 4.78 is 0.733. The highest BCUT2D eigenvalue weighted by atomic mass is 79.9. The first kappa shape index (κ1) is 11.1. The summed E-state index contributed by atoms with van der Waals surface area (Å²) in [6.07, 6.45) is 3.05. The third kappa shape index (κ3) is 2.40. The maximum Gasteiger partial charge on any atom is 0.273 e. The van der Waals surface area contributed by atoms with E-state index >= 15 is 0 Å². The largest absolute Gasteiger partial charge is 0.318 e. The van der Waals surface area contributed by atoms with Gasteiger partial charge in [-0.15, -0.1) is 0 Å². The van der Waals surface area contributed by atoms with E-state index in [9.17, 15) is 4.79 Å². The number of hydrogen-bond donors (Lipinski definition) is 2. The predicted molar refractivity (Wildman–Crippen MR) is 63.5 cm³/mol. The lowest BCUT2D eigenvalue weighted by Gasteiger charge is -2.05. The predicted octanol–water partition coefficient (Wildman–Crippen LogP) is 2.47. The molecule has 2 aromatic heterocycles. The highest BCUT2D eigenvalue weighted by molar-refractivity contribution is 9.10. The minimum Gasteiger partial charge on any atom is -0.318 e. The first-order chi connectivity index (χ1) is 7.66. The lowest BCUT2D eigenvalue weighted by molar-refractivity contribution is 0.102. The summed E-state index contributed by atoms with van der Waals surface area (Å²) in [4.78, 5) is 15.5. The second kappa shape index (κ2) is 4.63. The third-order valence-electron chi connectivity index (χ3n) is 1.80. The van der Waals surface area contributed by atoms with Gasteiger partial charge in [-0.1, -0.05) is 11.6 Å². The van der Waals surface area contributed by atoms with Crippen LogP contribution in [0.5, 0.6) is 0 Å². The summed E-state index contributed by atoms with van der Waals surface area (Å²) in [6, 6.07) is 3.23. The number of carbonyl (C=O) groups is 1. The summed E-state index contributed by atoms with van der Waals surface area (Å²) in [6.45, 7) is 0. The molecule has 0 spiro atoms. The molecule has 0 radical (unpaired) electrons. The highest BCUT2D eigenvalue weighted by Gasteiger charge is 2.10. The molecule has 0 saturated heterocycles. The van der Waals surface area contributed by atoms with Gasteiger partial charge in [0.25, 0.3) is 5.91 Å². The Labute approximate surface area is 104 Å². The highest BCUT2D eigenvalue weighted by Crippen LogP contribution is 2.23. The van der Waals surface area contributed by atoms with E-state index in [1.807, 2.05) is 0 Å². The number of carbonyl (C=O) groups excluding carboxylic acids is 1. The Morgan fingerprint density at radius 3 is 3.06 bits per heavy atom. The number of nitrogens with zero attached hydrogens (tertiary/aromatic N) is 2. The SMILES string of the molecule is O=C(Nc1cc(Br)cnc1Cl)c1ccn[nH]1. The molecule has 5 nitrogen and oxygen atoms in total. The molecule has 2 aromatic rings. The van der Waals surface area contributed by atoms with Gasteiger partial charge in [0.2, 0.25) is 0 Å². The van der Waals surface area contributed by atoms with Crippen LogP contribution in [-0.4, -0.2) is 21.1 Å². The minimum absolute atomic E-state index is 0.232. The van der Waals surface area contributed by atoms with Crippen LogP contribution in [0.4, 0.5) is 5.69 Å². The van der Waals surface area contributed by atoms with Crippen LogP contribution in [0.2, 0.25) is 5.15 Å². The van der Waals surface area contributed by atoms with Crippen LogP contribution in [-0.2, 0) is 0 Å². The van der Waals surface area contributed by atoms with Crippen molar-refractivity contribution in [3.8, 4) is 0 Å². The van der Waals surface area contributed by atoms with E-state index in [0.29, 0.717) is 11.4 Å². The van der Waals surface area contributed by atoms with Crippen LogP contribution in [0.1, 0.15) is 10.5 Å². The molecular formula is C9H6BrClN4O. The zero-order valence-corrected chi connectivity index (χ0v) is 10.2. The Bertz CT molecular complexity index is 514. The molecule has 0 aliphatic carbocycles. The first-order valence-corrected chi connectivity index (χ1v) is 5.45. The number of H-pyrrole nitrogens is 1. The van der Waals surface area contributed by atoms with Crippen molar-refractivity contribution in [3.63, 3.8) is 0 Å². The number of hydrogen-bond acceptors (Lipinski definition) is 3. The van der Waals surface area contributed by atoms with E-state index in [-0.39, 0.29) is 11.1 Å². The maximum atomic E-state index is 11.7. The topological polar surface area (TPSA) is 70.7 Å². The van der Waals surface area contributed by atoms with Crippen LogP contribution in [0.15, 0.2) is 29.0 Å². The van der Waals surface area contributed by atoms with Crippen molar-refractivity contribution in [2.75, 3.05) is 5.32 Å². The van der Waals surface area contributed by atoms with Gasteiger partial charge in [-0.3, -0.25) is 9.89 Å². The average molecular weight is 302 g/mol. The zero-order valence-electron chi connectivity index (χ0n) is 7.87. The van der Waals surface area contributed by atoms with Gasteiger partial charge in [-0.2, -0.15) is 5.10 Å². The van der Waals surface area contributed by atoms with Crippen LogP contribution < -0.4 is 5.32 Å². The molecule has 0 atom stereocenters. The molecule has 2 N–H and O–H groups in total. The van der Waals surface area contributed by atoms with Gasteiger partial charge >= 0.3 is 0 Å². The number of nitrogens with one attached hydrogen (secondary N) is 2. The average Bonchev–Trinajstić information content (AvgIpc) is 2.76. The molecule has 0 unspecified atom stereocenters. The van der Waals surface area contributed by atoms with Gasteiger partial charge in [0.15, 0.2) is 5.15 Å². The summed E-state index contributed by atoms with van der Waals surface area (Å²) in [5.41, 5.74) is 0.798. The molecule has 1 amide bonds. The standard InChI is InChI=1S/C9H6BrClN4O/c10-5-3-7(8(11)12-4-5)14-9(16)6-1-2-13-15-6/h1-4H,(H,13,15)(H,14,16). The Balaban J connectivity index is 2.21. The summed E-state index contributed by atoms with van der Waals surface area (Å²) in [5, 5.41) is 9.09.